The van der Waals surface area contributed by atoms with Crippen LogP contribution in [0.15, 0.2) is 36.0 Å². The molecule has 2 rings (SSSR count). The SMILES string of the molecule is CC1C(=C=O)N(O[SiH](C)C)C(COCc2ccccc2)(C(=O)O)C1(C)C(C)(C)C. The Kier molecular flexibility index (Phi) is 6.80. The third-order valence-electron chi connectivity index (χ3n) is 6.46. The molecule has 1 fully saturated rings. The molecule has 3 atom stereocenters. The van der Waals surface area contributed by atoms with Crippen molar-refractivity contribution in [2.24, 2.45) is 16.7 Å². The summed E-state index contributed by atoms with van der Waals surface area (Å²) in [5, 5.41) is 11.9. The average molecular weight is 420 g/mol. The second-order valence-electron chi connectivity index (χ2n) is 9.25. The summed E-state index contributed by atoms with van der Waals surface area (Å²) in [5.74, 6) is 0.554. The zero-order chi connectivity index (χ0) is 22.0. The second-order valence-corrected chi connectivity index (χ2v) is 11.6. The van der Waals surface area contributed by atoms with Crippen molar-refractivity contribution in [3.05, 3.63) is 41.6 Å². The molecule has 0 bridgehead atoms. The lowest BCUT2D eigenvalue weighted by molar-refractivity contribution is -0.206. The van der Waals surface area contributed by atoms with Gasteiger partial charge in [0.25, 0.3) is 0 Å². The van der Waals surface area contributed by atoms with Crippen molar-refractivity contribution >= 4 is 21.0 Å². The Bertz CT molecular complexity index is 784. The van der Waals surface area contributed by atoms with E-state index in [1.807, 2.05) is 84.0 Å². The first-order valence-electron chi connectivity index (χ1n) is 10.0. The number of carbonyl (C=O) groups is 1. The predicted octanol–water partition coefficient (Wildman–Crippen LogP) is 3.66. The summed E-state index contributed by atoms with van der Waals surface area (Å²) in [6, 6.07) is 9.60. The lowest BCUT2D eigenvalue weighted by atomic mass is 9.54. The van der Waals surface area contributed by atoms with E-state index in [4.69, 9.17) is 9.26 Å². The van der Waals surface area contributed by atoms with Gasteiger partial charge < -0.3 is 14.4 Å². The molecule has 0 aliphatic carbocycles. The Morgan fingerprint density at radius 1 is 1.28 bits per heavy atom. The second kappa shape index (κ2) is 8.44. The summed E-state index contributed by atoms with van der Waals surface area (Å²) in [7, 11) is -1.72. The third-order valence-corrected chi connectivity index (χ3v) is 7.09. The van der Waals surface area contributed by atoms with Crippen LogP contribution < -0.4 is 0 Å². The highest BCUT2D eigenvalue weighted by Crippen LogP contribution is 2.62. The molecular formula is C22H33NO5Si. The molecule has 7 heteroatoms. The van der Waals surface area contributed by atoms with Crippen molar-refractivity contribution in [3.8, 4) is 0 Å². The molecule has 1 aromatic rings. The summed E-state index contributed by atoms with van der Waals surface area (Å²) >= 11 is 0. The van der Waals surface area contributed by atoms with Crippen LogP contribution in [0.3, 0.4) is 0 Å². The fourth-order valence-electron chi connectivity index (χ4n) is 4.45. The van der Waals surface area contributed by atoms with Gasteiger partial charge in [0.15, 0.2) is 5.54 Å². The fraction of sp³-hybridized carbons (Fsp3) is 0.591. The van der Waals surface area contributed by atoms with Crippen LogP contribution in [0.25, 0.3) is 0 Å². The topological polar surface area (TPSA) is 76.1 Å². The van der Waals surface area contributed by atoms with Crippen LogP contribution in [0.2, 0.25) is 13.1 Å². The van der Waals surface area contributed by atoms with Gasteiger partial charge in [-0.25, -0.2) is 14.7 Å². The smallest absolute Gasteiger partial charge is 0.335 e. The number of carbonyl (C=O) groups excluding carboxylic acids is 1. The molecule has 1 heterocycles. The van der Waals surface area contributed by atoms with E-state index in [1.54, 1.807) is 0 Å². The summed E-state index contributed by atoms with van der Waals surface area (Å²) in [6.07, 6.45) is 0. The van der Waals surface area contributed by atoms with Crippen LogP contribution >= 0.6 is 0 Å². The molecule has 1 aliphatic heterocycles. The number of allylic oxidation sites excluding steroid dienone is 1. The van der Waals surface area contributed by atoms with Gasteiger partial charge in [-0.3, -0.25) is 0 Å². The number of rotatable bonds is 7. The van der Waals surface area contributed by atoms with Crippen LogP contribution in [0.4, 0.5) is 0 Å². The van der Waals surface area contributed by atoms with Crippen molar-refractivity contribution in [2.75, 3.05) is 6.61 Å². The molecule has 0 spiro atoms. The summed E-state index contributed by atoms with van der Waals surface area (Å²) in [4.78, 5) is 24.8. The molecule has 3 unspecified atom stereocenters. The van der Waals surface area contributed by atoms with E-state index >= 15 is 0 Å². The number of nitrogens with zero attached hydrogens (tertiary/aromatic N) is 1. The van der Waals surface area contributed by atoms with E-state index in [0.29, 0.717) is 0 Å². The maximum Gasteiger partial charge on any atom is 0.335 e. The summed E-state index contributed by atoms with van der Waals surface area (Å²) in [5.41, 5.74) is -1.66. The first-order valence-corrected chi connectivity index (χ1v) is 12.8. The summed E-state index contributed by atoms with van der Waals surface area (Å²) < 4.78 is 12.0. The molecule has 1 saturated heterocycles. The van der Waals surface area contributed by atoms with Crippen molar-refractivity contribution in [2.45, 2.75) is 59.9 Å². The zero-order valence-electron chi connectivity index (χ0n) is 18.5. The number of hydroxylamine groups is 2. The van der Waals surface area contributed by atoms with Gasteiger partial charge in [0.05, 0.1) is 13.2 Å². The predicted molar refractivity (Wildman–Crippen MR) is 114 cm³/mol. The van der Waals surface area contributed by atoms with Gasteiger partial charge in [-0.05, 0) is 24.1 Å². The largest absolute Gasteiger partial charge is 0.479 e. The Morgan fingerprint density at radius 3 is 2.31 bits per heavy atom. The standard InChI is InChI=1S/C22H33NO5Si/c1-16-18(13-24)23(28-29(6)7)22(19(25)26,21(16,5)20(2,3)4)15-27-14-17-11-9-8-10-12-17/h8-12,16,29H,14-15H2,1-7H3,(H,25,26). The molecule has 1 aliphatic rings. The van der Waals surface area contributed by atoms with Gasteiger partial charge in [-0.15, -0.1) is 0 Å². The quantitative estimate of drug-likeness (QED) is 0.537. The number of ether oxygens (including phenoxy) is 1. The first kappa shape index (κ1) is 23.4. The van der Waals surface area contributed by atoms with E-state index < -0.39 is 31.4 Å². The molecule has 29 heavy (non-hydrogen) atoms. The van der Waals surface area contributed by atoms with Gasteiger partial charge in [0.2, 0.25) is 9.04 Å². The van der Waals surface area contributed by atoms with Crippen molar-refractivity contribution in [1.29, 1.82) is 0 Å². The maximum absolute atomic E-state index is 12.9. The van der Waals surface area contributed by atoms with Crippen molar-refractivity contribution in [1.82, 2.24) is 5.06 Å². The van der Waals surface area contributed by atoms with Gasteiger partial charge in [0.1, 0.15) is 11.6 Å². The van der Waals surface area contributed by atoms with Gasteiger partial charge >= 0.3 is 5.97 Å². The molecule has 0 saturated carbocycles. The number of carboxylic acids is 1. The summed E-state index contributed by atoms with van der Waals surface area (Å²) in [6.45, 7) is 13.8. The highest BCUT2D eigenvalue weighted by atomic mass is 28.3. The van der Waals surface area contributed by atoms with Crippen molar-refractivity contribution in [3.63, 3.8) is 0 Å². The Labute approximate surface area is 175 Å². The number of aliphatic carboxylic acids is 1. The molecule has 1 aromatic carbocycles. The minimum Gasteiger partial charge on any atom is -0.479 e. The number of hydrogen-bond donors (Lipinski definition) is 1. The van der Waals surface area contributed by atoms with E-state index in [1.165, 1.54) is 5.06 Å². The minimum absolute atomic E-state index is 0.109. The molecular weight excluding hydrogens is 386 g/mol. The van der Waals surface area contributed by atoms with Crippen LogP contribution in [0, 0.1) is 16.7 Å². The average Bonchev–Trinajstić information content (AvgIpc) is 2.81. The van der Waals surface area contributed by atoms with E-state index in [9.17, 15) is 14.7 Å². The fourth-order valence-corrected chi connectivity index (χ4v) is 5.17. The van der Waals surface area contributed by atoms with Crippen LogP contribution in [-0.2, 0) is 25.5 Å². The first-order chi connectivity index (χ1) is 13.4. The number of hydrogen-bond acceptors (Lipinski definition) is 5. The number of carboxylic acid groups (broad SMARTS) is 1. The molecule has 0 radical (unpaired) electrons. The Balaban J connectivity index is 2.58. The minimum atomic E-state index is -1.72. The van der Waals surface area contributed by atoms with E-state index in [2.05, 4.69) is 0 Å². The molecule has 0 amide bonds. The Hall–Kier alpha value is -1.92. The molecule has 0 aromatic heterocycles. The van der Waals surface area contributed by atoms with Gasteiger partial charge in [-0.2, -0.15) is 0 Å². The van der Waals surface area contributed by atoms with Crippen LogP contribution in [0.5, 0.6) is 0 Å². The van der Waals surface area contributed by atoms with E-state index in [0.717, 1.165) is 5.56 Å². The third kappa shape index (κ3) is 3.80. The van der Waals surface area contributed by atoms with Crippen LogP contribution in [0.1, 0.15) is 40.2 Å². The lowest BCUT2D eigenvalue weighted by Crippen LogP contribution is -2.66. The number of benzene rings is 1. The highest BCUT2D eigenvalue weighted by molar-refractivity contribution is 6.48. The lowest BCUT2D eigenvalue weighted by Gasteiger charge is -2.52. The zero-order valence-corrected chi connectivity index (χ0v) is 19.6. The molecule has 1 N–H and O–H groups in total. The molecule has 6 nitrogen and oxygen atoms in total. The normalized spacial score (nSPS) is 27.4. The molecule has 160 valence electrons. The maximum atomic E-state index is 12.9. The Morgan fingerprint density at radius 2 is 1.86 bits per heavy atom. The van der Waals surface area contributed by atoms with Gasteiger partial charge in [0, 0.05) is 11.3 Å². The van der Waals surface area contributed by atoms with Gasteiger partial charge in [-0.1, -0.05) is 65.0 Å². The van der Waals surface area contributed by atoms with E-state index in [-0.39, 0.29) is 24.8 Å². The highest BCUT2D eigenvalue weighted by Gasteiger charge is 2.72. The van der Waals surface area contributed by atoms with Crippen molar-refractivity contribution < 1.29 is 24.0 Å². The monoisotopic (exact) mass is 419 g/mol. The van der Waals surface area contributed by atoms with Crippen LogP contribution in [-0.4, -0.2) is 43.3 Å².